The van der Waals surface area contributed by atoms with E-state index in [0.717, 1.165) is 11.8 Å². The number of fused-ring (bicyclic) bond motifs is 1. The van der Waals surface area contributed by atoms with Crippen LogP contribution >= 0.6 is 0 Å². The van der Waals surface area contributed by atoms with Crippen LogP contribution in [0.15, 0.2) is 77.4 Å². The van der Waals surface area contributed by atoms with E-state index in [-0.39, 0.29) is 33.9 Å². The molecular formula is C28H27N5O6. The van der Waals surface area contributed by atoms with Gasteiger partial charge in [-0.25, -0.2) is 14.4 Å². The lowest BCUT2D eigenvalue weighted by atomic mass is 9.81. The summed E-state index contributed by atoms with van der Waals surface area (Å²) in [6, 6.07) is 15.7. The molecule has 1 unspecified atom stereocenters. The first-order chi connectivity index (χ1) is 18.5. The van der Waals surface area contributed by atoms with Crippen molar-refractivity contribution in [3.05, 3.63) is 83.0 Å². The summed E-state index contributed by atoms with van der Waals surface area (Å²) in [4.78, 5) is 41.0. The maximum atomic E-state index is 13.4. The number of benzene rings is 2. The molecular weight excluding hydrogens is 502 g/mol. The summed E-state index contributed by atoms with van der Waals surface area (Å²) in [6.45, 7) is 5.14. The predicted octanol–water partition coefficient (Wildman–Crippen LogP) is 3.72. The number of carbonyl (C=O) groups excluding carboxylic acids is 3. The van der Waals surface area contributed by atoms with E-state index >= 15 is 0 Å². The van der Waals surface area contributed by atoms with Gasteiger partial charge in [0.1, 0.15) is 22.6 Å². The number of nitrogens with zero attached hydrogens (tertiary/aromatic N) is 4. The molecule has 0 spiro atoms. The van der Waals surface area contributed by atoms with Gasteiger partial charge in [0.2, 0.25) is 0 Å². The summed E-state index contributed by atoms with van der Waals surface area (Å²) in [7, 11) is 2.33. The van der Waals surface area contributed by atoms with Crippen molar-refractivity contribution < 1.29 is 28.6 Å². The molecule has 0 saturated heterocycles. The minimum absolute atomic E-state index is 0.00501. The second-order valence-corrected chi connectivity index (χ2v) is 9.59. The molecule has 0 saturated carbocycles. The SMILES string of the molecule is COC(=O)C1=C(C(=O)OC)N(c2cccc3cnn(C(=O)OC(C)(C)C)c23)C(N)=C(C#N)C1c1ccccc1. The zero-order valence-electron chi connectivity index (χ0n) is 22.1. The number of nitrogens with two attached hydrogens (primary N) is 1. The highest BCUT2D eigenvalue weighted by Crippen LogP contribution is 2.44. The van der Waals surface area contributed by atoms with Crippen LogP contribution in [0.25, 0.3) is 10.9 Å². The van der Waals surface area contributed by atoms with E-state index < -0.39 is 29.6 Å². The van der Waals surface area contributed by atoms with Gasteiger partial charge in [0.05, 0.1) is 49.2 Å². The first-order valence-corrected chi connectivity index (χ1v) is 11.9. The Morgan fingerprint density at radius 3 is 2.26 bits per heavy atom. The third-order valence-electron chi connectivity index (χ3n) is 5.99. The minimum Gasteiger partial charge on any atom is -0.466 e. The van der Waals surface area contributed by atoms with Gasteiger partial charge in [-0.2, -0.15) is 15.0 Å². The Morgan fingerprint density at radius 1 is 1.00 bits per heavy atom. The number of aromatic nitrogens is 2. The molecule has 11 nitrogen and oxygen atoms in total. The van der Waals surface area contributed by atoms with Crippen LogP contribution in [-0.2, 0) is 23.8 Å². The smallest absolute Gasteiger partial charge is 0.435 e. The van der Waals surface area contributed by atoms with Crippen molar-refractivity contribution in [2.75, 3.05) is 19.1 Å². The Hall–Kier alpha value is -5.11. The van der Waals surface area contributed by atoms with Crippen LogP contribution in [0.3, 0.4) is 0 Å². The first-order valence-electron chi connectivity index (χ1n) is 11.9. The number of anilines is 1. The molecule has 0 amide bonds. The minimum atomic E-state index is -1.02. The van der Waals surface area contributed by atoms with Crippen molar-refractivity contribution in [3.8, 4) is 6.07 Å². The van der Waals surface area contributed by atoms with Crippen LogP contribution in [0.2, 0.25) is 0 Å². The number of nitriles is 1. The van der Waals surface area contributed by atoms with Crippen molar-refractivity contribution in [1.82, 2.24) is 9.78 Å². The third kappa shape index (κ3) is 4.80. The molecule has 3 aromatic rings. The zero-order chi connectivity index (χ0) is 28.5. The number of hydrogen-bond acceptors (Lipinski definition) is 10. The molecule has 11 heteroatoms. The average Bonchev–Trinajstić information content (AvgIpc) is 3.36. The predicted molar refractivity (Wildman–Crippen MR) is 141 cm³/mol. The molecule has 1 aliphatic heterocycles. The lowest BCUT2D eigenvalue weighted by Gasteiger charge is -2.36. The van der Waals surface area contributed by atoms with Crippen LogP contribution < -0.4 is 10.6 Å². The van der Waals surface area contributed by atoms with E-state index in [1.807, 2.05) is 0 Å². The van der Waals surface area contributed by atoms with Crippen molar-refractivity contribution in [1.29, 1.82) is 5.26 Å². The fourth-order valence-corrected chi connectivity index (χ4v) is 4.45. The average molecular weight is 530 g/mol. The van der Waals surface area contributed by atoms with Gasteiger partial charge in [-0.05, 0) is 32.4 Å². The van der Waals surface area contributed by atoms with Crippen LogP contribution in [0.1, 0.15) is 32.3 Å². The fourth-order valence-electron chi connectivity index (χ4n) is 4.45. The maximum absolute atomic E-state index is 13.4. The van der Waals surface area contributed by atoms with E-state index in [0.29, 0.717) is 10.9 Å². The first kappa shape index (κ1) is 26.9. The van der Waals surface area contributed by atoms with Gasteiger partial charge < -0.3 is 19.9 Å². The van der Waals surface area contributed by atoms with Crippen LogP contribution in [-0.4, -0.2) is 47.6 Å². The molecule has 1 aliphatic rings. The number of carbonyl (C=O) groups is 3. The van der Waals surface area contributed by atoms with Gasteiger partial charge in [0.25, 0.3) is 0 Å². The summed E-state index contributed by atoms with van der Waals surface area (Å²) >= 11 is 0. The molecule has 4 rings (SSSR count). The van der Waals surface area contributed by atoms with Gasteiger partial charge in [-0.3, -0.25) is 4.90 Å². The van der Waals surface area contributed by atoms with Gasteiger partial charge in [0, 0.05) is 5.39 Å². The standard InChI is InChI=1S/C28H27N5O6/c1-28(2,3)39-27(36)33-22-17(15-31-33)12-9-13-19(22)32-23(26(35)38-5)21(25(34)37-4)20(18(14-29)24(32)30)16-10-7-6-8-11-16/h6-13,15,20H,30H2,1-5H3. The molecule has 0 bridgehead atoms. The van der Waals surface area contributed by atoms with Gasteiger partial charge in [0.15, 0.2) is 0 Å². The third-order valence-corrected chi connectivity index (χ3v) is 5.99. The second-order valence-electron chi connectivity index (χ2n) is 9.59. The van der Waals surface area contributed by atoms with Gasteiger partial charge in [-0.15, -0.1) is 0 Å². The summed E-state index contributed by atoms with van der Waals surface area (Å²) in [5.41, 5.74) is 6.33. The van der Waals surface area contributed by atoms with Crippen molar-refractivity contribution in [3.63, 3.8) is 0 Å². The Balaban J connectivity index is 2.09. The lowest BCUT2D eigenvalue weighted by molar-refractivity contribution is -0.139. The van der Waals surface area contributed by atoms with Crippen molar-refractivity contribution >= 4 is 34.6 Å². The van der Waals surface area contributed by atoms with Crippen molar-refractivity contribution in [2.45, 2.75) is 32.3 Å². The Bertz CT molecular complexity index is 1570. The highest BCUT2D eigenvalue weighted by molar-refractivity contribution is 6.09. The van der Waals surface area contributed by atoms with Crippen molar-refractivity contribution in [2.24, 2.45) is 5.73 Å². The van der Waals surface area contributed by atoms with E-state index in [1.54, 1.807) is 69.3 Å². The molecule has 1 aromatic heterocycles. The quantitative estimate of drug-likeness (QED) is 0.391. The van der Waals surface area contributed by atoms with E-state index in [2.05, 4.69) is 11.2 Å². The number of methoxy groups -OCH3 is 2. The van der Waals surface area contributed by atoms with Gasteiger partial charge in [-0.1, -0.05) is 42.5 Å². The number of rotatable bonds is 4. The number of esters is 2. The molecule has 200 valence electrons. The number of allylic oxidation sites excluding steroid dienone is 1. The molecule has 1 atom stereocenters. The molecule has 2 N–H and O–H groups in total. The molecule has 39 heavy (non-hydrogen) atoms. The summed E-state index contributed by atoms with van der Waals surface area (Å²) in [5.74, 6) is -2.92. The molecule has 2 heterocycles. The second kappa shape index (κ2) is 10.3. The topological polar surface area (TPSA) is 150 Å². The summed E-state index contributed by atoms with van der Waals surface area (Å²) < 4.78 is 16.7. The molecule has 2 aromatic carbocycles. The highest BCUT2D eigenvalue weighted by atomic mass is 16.6. The maximum Gasteiger partial charge on any atom is 0.435 e. The zero-order valence-corrected chi connectivity index (χ0v) is 22.1. The monoisotopic (exact) mass is 529 g/mol. The molecule has 0 radical (unpaired) electrons. The van der Waals surface area contributed by atoms with E-state index in [4.69, 9.17) is 19.9 Å². The fraction of sp³-hybridized carbons (Fsp3) is 0.250. The highest BCUT2D eigenvalue weighted by Gasteiger charge is 2.43. The number of para-hydroxylation sites is 1. The number of ether oxygens (including phenoxy) is 3. The van der Waals surface area contributed by atoms with E-state index in [9.17, 15) is 19.6 Å². The van der Waals surface area contributed by atoms with Crippen LogP contribution in [0.5, 0.6) is 0 Å². The van der Waals surface area contributed by atoms with E-state index in [1.165, 1.54) is 18.2 Å². The summed E-state index contributed by atoms with van der Waals surface area (Å²) in [5, 5.41) is 15.0. The Morgan fingerprint density at radius 2 is 1.67 bits per heavy atom. The number of hydrogen-bond donors (Lipinski definition) is 1. The lowest BCUT2D eigenvalue weighted by Crippen LogP contribution is -2.41. The van der Waals surface area contributed by atoms with Crippen LogP contribution in [0.4, 0.5) is 10.5 Å². The normalized spacial score (nSPS) is 15.7. The molecule has 0 aliphatic carbocycles. The van der Waals surface area contributed by atoms with Crippen LogP contribution in [0, 0.1) is 11.3 Å². The Kier molecular flexibility index (Phi) is 7.14. The summed E-state index contributed by atoms with van der Waals surface area (Å²) in [6.07, 6.45) is 0.678. The Labute approximate surface area is 224 Å². The van der Waals surface area contributed by atoms with Gasteiger partial charge >= 0.3 is 18.0 Å². The molecule has 0 fully saturated rings. The largest absolute Gasteiger partial charge is 0.466 e.